The smallest absolute Gasteiger partial charge is 0.396 e. The Hall–Kier alpha value is -1.06. The molecule has 0 rings (SSSR count). The fourth-order valence-corrected chi connectivity index (χ4v) is 0.190. The van der Waals surface area contributed by atoms with Gasteiger partial charge in [0.05, 0.1) is 0 Å². The third kappa shape index (κ3) is 3.14. The molecule has 0 aromatic rings. The normalized spacial score (nSPS) is 7.75. The van der Waals surface area contributed by atoms with Gasteiger partial charge in [0.1, 0.15) is 0 Å². The van der Waals surface area contributed by atoms with Gasteiger partial charge in [-0.15, -0.1) is 0 Å². The average molecular weight is 116 g/mol. The van der Waals surface area contributed by atoms with Crippen LogP contribution in [0.5, 0.6) is 0 Å². The number of hydrogen-bond donors (Lipinski definition) is 2. The quantitative estimate of drug-likeness (QED) is 0.354. The van der Waals surface area contributed by atoms with Gasteiger partial charge < -0.3 is 10.1 Å². The van der Waals surface area contributed by atoms with Crippen molar-refractivity contribution >= 4 is 12.0 Å². The summed E-state index contributed by atoms with van der Waals surface area (Å²) in [4.78, 5) is 10.1. The van der Waals surface area contributed by atoms with Crippen LogP contribution in [0, 0.1) is 5.41 Å². The summed E-state index contributed by atoms with van der Waals surface area (Å²) in [6.07, 6.45) is -0.600. The van der Waals surface area contributed by atoms with E-state index in [0.717, 1.165) is 0 Å². The Labute approximate surface area is 47.3 Å². The summed E-state index contributed by atoms with van der Waals surface area (Å²) in [6.45, 7) is 1.38. The van der Waals surface area contributed by atoms with Crippen molar-refractivity contribution in [3.8, 4) is 0 Å². The van der Waals surface area contributed by atoms with Gasteiger partial charge in [-0.3, -0.25) is 5.41 Å². The molecule has 0 radical (unpaired) electrons. The maximum atomic E-state index is 10.1. The Balaban J connectivity index is 3.40. The summed E-state index contributed by atoms with van der Waals surface area (Å²) in [7, 11) is 1.44. The molecular weight excluding hydrogens is 108 g/mol. The molecule has 4 nitrogen and oxygen atoms in total. The third-order valence-corrected chi connectivity index (χ3v) is 0.450. The summed E-state index contributed by atoms with van der Waals surface area (Å²) in [5, 5.41) is 8.84. The molecule has 46 valence electrons. The summed E-state index contributed by atoms with van der Waals surface area (Å²) in [5.74, 6) is -0.107. The Morgan fingerprint density at radius 2 is 2.25 bits per heavy atom. The van der Waals surface area contributed by atoms with Gasteiger partial charge >= 0.3 is 6.09 Å². The lowest BCUT2D eigenvalue weighted by Crippen LogP contribution is -2.20. The van der Waals surface area contributed by atoms with Crippen LogP contribution >= 0.6 is 0 Å². The fourth-order valence-electron chi connectivity index (χ4n) is 0.190. The van der Waals surface area contributed by atoms with E-state index in [4.69, 9.17) is 5.41 Å². The zero-order valence-corrected chi connectivity index (χ0v) is 4.82. The molecule has 0 saturated heterocycles. The summed E-state index contributed by atoms with van der Waals surface area (Å²) >= 11 is 0. The van der Waals surface area contributed by atoms with Gasteiger partial charge in [-0.1, -0.05) is 0 Å². The molecule has 0 saturated carbocycles. The van der Waals surface area contributed by atoms with Crippen molar-refractivity contribution in [2.45, 2.75) is 6.92 Å². The molecule has 0 unspecified atom stereocenters. The van der Waals surface area contributed by atoms with Crippen molar-refractivity contribution in [2.24, 2.45) is 0 Å². The molecule has 0 spiro atoms. The highest BCUT2D eigenvalue weighted by Crippen LogP contribution is 1.75. The molecule has 8 heavy (non-hydrogen) atoms. The number of alkyl carbamates (subject to hydrolysis) is 1. The lowest BCUT2D eigenvalue weighted by molar-refractivity contribution is 0.199. The second-order valence-electron chi connectivity index (χ2n) is 1.20. The van der Waals surface area contributed by atoms with Crippen LogP contribution in [0.15, 0.2) is 0 Å². The Bertz CT molecular complexity index is 111. The minimum absolute atomic E-state index is 0.107. The molecular formula is C4H8N2O2. The summed E-state index contributed by atoms with van der Waals surface area (Å²) in [5.41, 5.74) is 0. The number of nitrogens with one attached hydrogen (secondary N) is 2. The highest BCUT2D eigenvalue weighted by molar-refractivity contribution is 5.84. The van der Waals surface area contributed by atoms with Crippen LogP contribution < -0.4 is 5.32 Å². The summed E-state index contributed by atoms with van der Waals surface area (Å²) in [6, 6.07) is 0. The minimum atomic E-state index is -0.600. The van der Waals surface area contributed by atoms with Crippen LogP contribution in [-0.2, 0) is 4.74 Å². The maximum Gasteiger partial charge on any atom is 0.413 e. The highest BCUT2D eigenvalue weighted by atomic mass is 16.6. The van der Waals surface area contributed by atoms with E-state index in [1.807, 2.05) is 0 Å². The molecule has 0 bridgehead atoms. The second kappa shape index (κ2) is 3.01. The van der Waals surface area contributed by atoms with Gasteiger partial charge in [-0.25, -0.2) is 4.79 Å². The second-order valence-corrected chi connectivity index (χ2v) is 1.20. The lowest BCUT2D eigenvalue weighted by atomic mass is 10.8. The van der Waals surface area contributed by atoms with Crippen LogP contribution in [-0.4, -0.2) is 19.0 Å². The van der Waals surface area contributed by atoms with Crippen molar-refractivity contribution in [3.63, 3.8) is 0 Å². The fraction of sp³-hybridized carbons (Fsp3) is 0.500. The predicted molar refractivity (Wildman–Crippen MR) is 28.9 cm³/mol. The van der Waals surface area contributed by atoms with Crippen molar-refractivity contribution in [3.05, 3.63) is 0 Å². The first-order valence-electron chi connectivity index (χ1n) is 2.11. The number of carbonyl (C=O) groups is 1. The molecule has 0 aromatic carbocycles. The lowest BCUT2D eigenvalue weighted by Gasteiger charge is -1.96. The number of ether oxygens (including phenoxy) is 1. The number of hydrogen-bond acceptors (Lipinski definition) is 3. The van der Waals surface area contributed by atoms with E-state index in [-0.39, 0.29) is 5.90 Å². The van der Waals surface area contributed by atoms with E-state index >= 15 is 0 Å². The monoisotopic (exact) mass is 116 g/mol. The van der Waals surface area contributed by atoms with Gasteiger partial charge in [-0.2, -0.15) is 0 Å². The topological polar surface area (TPSA) is 62.2 Å². The first kappa shape index (κ1) is 6.94. The van der Waals surface area contributed by atoms with Crippen LogP contribution in [0.2, 0.25) is 0 Å². The molecule has 2 N–H and O–H groups in total. The van der Waals surface area contributed by atoms with E-state index < -0.39 is 6.09 Å². The molecule has 0 aromatic heterocycles. The van der Waals surface area contributed by atoms with Crippen LogP contribution in [0.3, 0.4) is 0 Å². The van der Waals surface area contributed by atoms with E-state index in [2.05, 4.69) is 10.1 Å². The van der Waals surface area contributed by atoms with Crippen molar-refractivity contribution in [1.29, 1.82) is 5.41 Å². The number of carbonyl (C=O) groups excluding carboxylic acids is 1. The molecule has 0 aliphatic carbocycles. The molecule has 1 amide bonds. The van der Waals surface area contributed by atoms with E-state index in [0.29, 0.717) is 0 Å². The standard InChI is InChI=1S/C4H8N2O2/c1-3(5)8-4(7)6-2/h5H,1-2H3,(H,6,7). The van der Waals surface area contributed by atoms with E-state index in [1.54, 1.807) is 0 Å². The van der Waals surface area contributed by atoms with Crippen molar-refractivity contribution in [2.75, 3.05) is 7.05 Å². The summed E-state index contributed by atoms with van der Waals surface area (Å²) < 4.78 is 4.23. The van der Waals surface area contributed by atoms with Crippen LogP contribution in [0.4, 0.5) is 4.79 Å². The molecule has 0 fully saturated rings. The molecule has 0 aliphatic heterocycles. The molecule has 0 atom stereocenters. The molecule has 4 heteroatoms. The van der Waals surface area contributed by atoms with E-state index in [9.17, 15) is 4.79 Å². The number of amides is 1. The minimum Gasteiger partial charge on any atom is -0.396 e. The van der Waals surface area contributed by atoms with Gasteiger partial charge in [0.2, 0.25) is 0 Å². The predicted octanol–water partition coefficient (Wildman–Crippen LogP) is 0.340. The Kier molecular flexibility index (Phi) is 2.61. The molecule has 0 heterocycles. The SMILES string of the molecule is CNC(=O)OC(C)=N. The maximum absolute atomic E-state index is 10.1. The third-order valence-electron chi connectivity index (χ3n) is 0.450. The zero-order chi connectivity index (χ0) is 6.57. The van der Waals surface area contributed by atoms with Crippen molar-refractivity contribution < 1.29 is 9.53 Å². The van der Waals surface area contributed by atoms with Gasteiger partial charge in [0, 0.05) is 14.0 Å². The van der Waals surface area contributed by atoms with Gasteiger partial charge in [0.25, 0.3) is 0 Å². The Morgan fingerprint density at radius 3 is 2.38 bits per heavy atom. The zero-order valence-electron chi connectivity index (χ0n) is 4.82. The Morgan fingerprint density at radius 1 is 1.75 bits per heavy atom. The average Bonchev–Trinajstić information content (AvgIpc) is 1.65. The highest BCUT2D eigenvalue weighted by Gasteiger charge is 1.95. The molecule has 0 aliphatic rings. The number of rotatable bonds is 0. The first-order valence-corrected chi connectivity index (χ1v) is 2.11. The van der Waals surface area contributed by atoms with Crippen molar-refractivity contribution in [1.82, 2.24) is 5.32 Å². The van der Waals surface area contributed by atoms with Gasteiger partial charge in [-0.05, 0) is 0 Å². The van der Waals surface area contributed by atoms with Crippen LogP contribution in [0.25, 0.3) is 0 Å². The van der Waals surface area contributed by atoms with E-state index in [1.165, 1.54) is 14.0 Å². The first-order chi connectivity index (χ1) is 3.66. The largest absolute Gasteiger partial charge is 0.413 e. The van der Waals surface area contributed by atoms with Crippen LogP contribution in [0.1, 0.15) is 6.92 Å². The van der Waals surface area contributed by atoms with Gasteiger partial charge in [0.15, 0.2) is 5.90 Å².